The minimum Gasteiger partial charge on any atom is -0.480 e. The van der Waals surface area contributed by atoms with E-state index in [1.807, 2.05) is 0 Å². The van der Waals surface area contributed by atoms with E-state index >= 15 is 0 Å². The Bertz CT molecular complexity index is 275. The third-order valence-corrected chi connectivity index (χ3v) is 3.42. The van der Waals surface area contributed by atoms with Gasteiger partial charge in [0.25, 0.3) is 0 Å². The van der Waals surface area contributed by atoms with Crippen molar-refractivity contribution < 1.29 is 14.7 Å². The molecular formula is C13H24N2O3. The summed E-state index contributed by atoms with van der Waals surface area (Å²) < 4.78 is 0. The van der Waals surface area contributed by atoms with Gasteiger partial charge in [-0.05, 0) is 19.4 Å². The van der Waals surface area contributed by atoms with Crippen molar-refractivity contribution in [2.24, 2.45) is 5.92 Å². The van der Waals surface area contributed by atoms with Crippen LogP contribution in [0.5, 0.6) is 0 Å². The Hall–Kier alpha value is -1.10. The van der Waals surface area contributed by atoms with Crippen LogP contribution in [-0.2, 0) is 9.59 Å². The highest BCUT2D eigenvalue weighted by atomic mass is 16.4. The molecule has 0 bridgehead atoms. The molecule has 1 aliphatic carbocycles. The summed E-state index contributed by atoms with van der Waals surface area (Å²) in [5, 5.41) is 11.4. The van der Waals surface area contributed by atoms with Crippen molar-refractivity contribution in [1.82, 2.24) is 10.2 Å². The number of hydrogen-bond donors (Lipinski definition) is 2. The summed E-state index contributed by atoms with van der Waals surface area (Å²) in [5.74, 6) is -0.238. The minimum atomic E-state index is -0.910. The van der Waals surface area contributed by atoms with Crippen LogP contribution in [-0.4, -0.2) is 48.6 Å². The molecule has 1 rings (SSSR count). The molecule has 0 atom stereocenters. The molecule has 1 aliphatic rings. The number of hydrogen-bond acceptors (Lipinski definition) is 3. The highest BCUT2D eigenvalue weighted by Gasteiger charge is 2.14. The fourth-order valence-electron chi connectivity index (χ4n) is 2.48. The van der Waals surface area contributed by atoms with Gasteiger partial charge in [-0.3, -0.25) is 14.5 Å². The van der Waals surface area contributed by atoms with Gasteiger partial charge in [0.15, 0.2) is 0 Å². The molecule has 5 nitrogen and oxygen atoms in total. The predicted octanol–water partition coefficient (Wildman–Crippen LogP) is 1.09. The minimum absolute atomic E-state index is 0.0884. The SMILES string of the molecule is CN(CC(=O)O)CC(=O)NCCC1CCCCC1. The molecule has 5 heteroatoms. The van der Waals surface area contributed by atoms with E-state index in [1.165, 1.54) is 37.0 Å². The average molecular weight is 256 g/mol. The number of carbonyl (C=O) groups excluding carboxylic acids is 1. The summed E-state index contributed by atoms with van der Waals surface area (Å²) in [5.41, 5.74) is 0. The molecule has 0 saturated heterocycles. The maximum Gasteiger partial charge on any atom is 0.317 e. The zero-order valence-corrected chi connectivity index (χ0v) is 11.2. The maximum atomic E-state index is 11.5. The average Bonchev–Trinajstić information content (AvgIpc) is 2.29. The van der Waals surface area contributed by atoms with Crippen LogP contribution in [0, 0.1) is 5.92 Å². The second-order valence-electron chi connectivity index (χ2n) is 5.21. The number of carbonyl (C=O) groups is 2. The van der Waals surface area contributed by atoms with Crippen LogP contribution in [0.25, 0.3) is 0 Å². The Kier molecular flexibility index (Phi) is 6.72. The standard InChI is InChI=1S/C13H24N2O3/c1-15(10-13(17)18)9-12(16)14-8-7-11-5-3-2-4-6-11/h11H,2-10H2,1H3,(H,14,16)(H,17,18). The van der Waals surface area contributed by atoms with E-state index in [9.17, 15) is 9.59 Å². The summed E-state index contributed by atoms with van der Waals surface area (Å²) in [6, 6.07) is 0. The van der Waals surface area contributed by atoms with Gasteiger partial charge in [0.05, 0.1) is 13.1 Å². The van der Waals surface area contributed by atoms with E-state index in [0.29, 0.717) is 6.54 Å². The van der Waals surface area contributed by atoms with Crippen molar-refractivity contribution in [1.29, 1.82) is 0 Å². The van der Waals surface area contributed by atoms with Crippen molar-refractivity contribution in [3.63, 3.8) is 0 Å². The van der Waals surface area contributed by atoms with Gasteiger partial charge in [0, 0.05) is 6.54 Å². The fraction of sp³-hybridized carbons (Fsp3) is 0.846. The van der Waals surface area contributed by atoms with Gasteiger partial charge < -0.3 is 10.4 Å². The Balaban J connectivity index is 2.07. The van der Waals surface area contributed by atoms with Gasteiger partial charge in [-0.2, -0.15) is 0 Å². The fourth-order valence-corrected chi connectivity index (χ4v) is 2.48. The molecule has 0 aromatic carbocycles. The number of amides is 1. The molecule has 0 unspecified atom stereocenters. The van der Waals surface area contributed by atoms with Crippen LogP contribution in [0.1, 0.15) is 38.5 Å². The normalized spacial score (nSPS) is 16.8. The van der Waals surface area contributed by atoms with Gasteiger partial charge in [-0.1, -0.05) is 32.1 Å². The lowest BCUT2D eigenvalue weighted by Crippen LogP contribution is -2.38. The summed E-state index contributed by atoms with van der Waals surface area (Å²) in [6.07, 6.45) is 7.61. The first kappa shape index (κ1) is 15.0. The Morgan fingerprint density at radius 3 is 2.50 bits per heavy atom. The van der Waals surface area contributed by atoms with Crippen molar-refractivity contribution in [3.8, 4) is 0 Å². The third-order valence-electron chi connectivity index (χ3n) is 3.42. The molecule has 1 amide bonds. The van der Waals surface area contributed by atoms with Crippen LogP contribution in [0.4, 0.5) is 0 Å². The summed E-state index contributed by atoms with van der Waals surface area (Å²) in [7, 11) is 1.63. The highest BCUT2D eigenvalue weighted by Crippen LogP contribution is 2.25. The van der Waals surface area contributed by atoms with Crippen molar-refractivity contribution >= 4 is 11.9 Å². The van der Waals surface area contributed by atoms with E-state index in [4.69, 9.17) is 5.11 Å². The van der Waals surface area contributed by atoms with E-state index in [1.54, 1.807) is 7.05 Å². The Morgan fingerprint density at radius 2 is 1.89 bits per heavy atom. The second kappa shape index (κ2) is 8.08. The molecular weight excluding hydrogens is 232 g/mol. The highest BCUT2D eigenvalue weighted by molar-refractivity contribution is 5.78. The Labute approximate surface area is 109 Å². The van der Waals surface area contributed by atoms with Crippen LogP contribution in [0.2, 0.25) is 0 Å². The van der Waals surface area contributed by atoms with E-state index in [-0.39, 0.29) is 19.0 Å². The van der Waals surface area contributed by atoms with Crippen molar-refractivity contribution in [3.05, 3.63) is 0 Å². The first-order valence-electron chi connectivity index (χ1n) is 6.75. The maximum absolute atomic E-state index is 11.5. The molecule has 0 aromatic rings. The molecule has 0 aliphatic heterocycles. The van der Waals surface area contributed by atoms with Gasteiger partial charge in [0.1, 0.15) is 0 Å². The zero-order chi connectivity index (χ0) is 13.4. The largest absolute Gasteiger partial charge is 0.480 e. The lowest BCUT2D eigenvalue weighted by Gasteiger charge is -2.21. The summed E-state index contributed by atoms with van der Waals surface area (Å²) in [6.45, 7) is 0.761. The topological polar surface area (TPSA) is 69.6 Å². The molecule has 0 spiro atoms. The predicted molar refractivity (Wildman–Crippen MR) is 69.3 cm³/mol. The molecule has 1 saturated carbocycles. The zero-order valence-electron chi connectivity index (χ0n) is 11.2. The van der Waals surface area contributed by atoms with Crippen LogP contribution >= 0.6 is 0 Å². The van der Waals surface area contributed by atoms with Gasteiger partial charge in [0.2, 0.25) is 5.91 Å². The lowest BCUT2D eigenvalue weighted by atomic mass is 9.87. The second-order valence-corrected chi connectivity index (χ2v) is 5.21. The van der Waals surface area contributed by atoms with Crippen LogP contribution in [0.3, 0.4) is 0 Å². The smallest absolute Gasteiger partial charge is 0.317 e. The molecule has 2 N–H and O–H groups in total. The molecule has 18 heavy (non-hydrogen) atoms. The van der Waals surface area contributed by atoms with Crippen molar-refractivity contribution in [2.45, 2.75) is 38.5 Å². The molecule has 0 aromatic heterocycles. The number of nitrogens with one attached hydrogen (secondary N) is 1. The quantitative estimate of drug-likeness (QED) is 0.715. The van der Waals surface area contributed by atoms with Crippen molar-refractivity contribution in [2.75, 3.05) is 26.7 Å². The van der Waals surface area contributed by atoms with E-state index in [0.717, 1.165) is 12.3 Å². The van der Waals surface area contributed by atoms with Crippen LogP contribution < -0.4 is 5.32 Å². The molecule has 104 valence electrons. The summed E-state index contributed by atoms with van der Waals surface area (Å²) >= 11 is 0. The van der Waals surface area contributed by atoms with Crippen LogP contribution in [0.15, 0.2) is 0 Å². The number of carboxylic acids is 1. The lowest BCUT2D eigenvalue weighted by molar-refractivity contribution is -0.138. The molecule has 0 heterocycles. The first-order valence-corrected chi connectivity index (χ1v) is 6.75. The number of nitrogens with zero attached hydrogens (tertiary/aromatic N) is 1. The monoisotopic (exact) mass is 256 g/mol. The number of carboxylic acid groups (broad SMARTS) is 1. The van der Waals surface area contributed by atoms with Gasteiger partial charge in [-0.15, -0.1) is 0 Å². The number of rotatable bonds is 7. The number of likely N-dealkylation sites (N-methyl/N-ethyl adjacent to an activating group) is 1. The number of aliphatic carboxylic acids is 1. The van der Waals surface area contributed by atoms with Gasteiger partial charge >= 0.3 is 5.97 Å². The van der Waals surface area contributed by atoms with E-state index in [2.05, 4.69) is 5.32 Å². The Morgan fingerprint density at radius 1 is 1.22 bits per heavy atom. The molecule has 1 fully saturated rings. The van der Waals surface area contributed by atoms with Gasteiger partial charge in [-0.25, -0.2) is 0 Å². The first-order chi connectivity index (χ1) is 8.58. The third kappa shape index (κ3) is 6.59. The summed E-state index contributed by atoms with van der Waals surface area (Å²) in [4.78, 5) is 23.5. The van der Waals surface area contributed by atoms with E-state index < -0.39 is 5.97 Å². The molecule has 0 radical (unpaired) electrons.